The molecule has 28 heavy (non-hydrogen) atoms. The van der Waals surface area contributed by atoms with E-state index in [1.807, 2.05) is 6.20 Å². The molecular formula is C21H18BrF3NO2. The van der Waals surface area contributed by atoms with Crippen LogP contribution in [0.25, 0.3) is 10.9 Å². The lowest BCUT2D eigenvalue weighted by Crippen LogP contribution is -2.07. The lowest BCUT2D eigenvalue weighted by Gasteiger charge is -2.15. The van der Waals surface area contributed by atoms with Crippen LogP contribution in [0.4, 0.5) is 13.2 Å². The van der Waals surface area contributed by atoms with Crippen LogP contribution in [0, 0.1) is 5.92 Å². The van der Waals surface area contributed by atoms with Crippen LogP contribution < -0.4 is 4.74 Å². The van der Waals surface area contributed by atoms with E-state index in [1.165, 1.54) is 25.7 Å². The van der Waals surface area contributed by atoms with Crippen molar-refractivity contribution in [3.8, 4) is 17.2 Å². The molecule has 0 saturated heterocycles. The predicted octanol–water partition coefficient (Wildman–Crippen LogP) is 7.62. The molecule has 0 spiro atoms. The van der Waals surface area contributed by atoms with Gasteiger partial charge in [-0.15, -0.1) is 0 Å². The van der Waals surface area contributed by atoms with Crippen molar-refractivity contribution in [2.75, 3.05) is 0 Å². The van der Waals surface area contributed by atoms with Gasteiger partial charge >= 0.3 is 6.18 Å². The Morgan fingerprint density at radius 2 is 1.89 bits per heavy atom. The predicted molar refractivity (Wildman–Crippen MR) is 103 cm³/mol. The molecule has 0 unspecified atom stereocenters. The normalized spacial score (nSPS) is 15.4. The number of alkyl halides is 3. The Labute approximate surface area is 168 Å². The van der Waals surface area contributed by atoms with Crippen molar-refractivity contribution in [3.63, 3.8) is 0 Å². The van der Waals surface area contributed by atoms with Crippen molar-refractivity contribution in [2.45, 2.75) is 38.3 Å². The van der Waals surface area contributed by atoms with Crippen LogP contribution in [-0.2, 0) is 17.7 Å². The van der Waals surface area contributed by atoms with E-state index < -0.39 is 23.2 Å². The summed E-state index contributed by atoms with van der Waals surface area (Å²) >= 11 is 3.03. The molecule has 0 bridgehead atoms. The van der Waals surface area contributed by atoms with E-state index in [9.17, 15) is 18.3 Å². The Morgan fingerprint density at radius 1 is 1.14 bits per heavy atom. The van der Waals surface area contributed by atoms with Gasteiger partial charge in [0.05, 0.1) is 4.47 Å². The van der Waals surface area contributed by atoms with Gasteiger partial charge in [0.2, 0.25) is 0 Å². The van der Waals surface area contributed by atoms with Crippen molar-refractivity contribution < 1.29 is 23.0 Å². The Balaban J connectivity index is 1.69. The maximum absolute atomic E-state index is 13.4. The lowest BCUT2D eigenvalue weighted by atomic mass is 9.98. The number of hydrogen-bond acceptors (Lipinski definition) is 1. The third-order valence-electron chi connectivity index (χ3n) is 5.26. The van der Waals surface area contributed by atoms with Gasteiger partial charge in [0, 0.05) is 29.2 Å². The third kappa shape index (κ3) is 3.85. The van der Waals surface area contributed by atoms with Crippen molar-refractivity contribution in [1.29, 1.82) is 0 Å². The fourth-order valence-electron chi connectivity index (χ4n) is 3.92. The molecule has 2 aromatic carbocycles. The quantitative estimate of drug-likeness (QED) is 0.434. The average molecular weight is 453 g/mol. The second-order valence-corrected chi connectivity index (χ2v) is 8.11. The minimum Gasteiger partial charge on any atom is -0.456 e. The molecule has 1 aromatic heterocycles. The van der Waals surface area contributed by atoms with E-state index in [0.717, 1.165) is 29.0 Å². The highest BCUT2D eigenvalue weighted by Gasteiger charge is 2.36. The number of aromatic nitrogens is 1. The molecule has 7 heteroatoms. The first kappa shape index (κ1) is 19.2. The highest BCUT2D eigenvalue weighted by atomic mass is 79.9. The number of halogens is 4. The summed E-state index contributed by atoms with van der Waals surface area (Å²) < 4.78 is 45.7. The van der Waals surface area contributed by atoms with E-state index in [0.29, 0.717) is 17.7 Å². The summed E-state index contributed by atoms with van der Waals surface area (Å²) in [6.07, 6.45) is 3.17. The van der Waals surface area contributed by atoms with Crippen molar-refractivity contribution in [2.24, 2.45) is 5.92 Å². The van der Waals surface area contributed by atoms with E-state index in [1.54, 1.807) is 18.2 Å². The highest BCUT2D eigenvalue weighted by molar-refractivity contribution is 9.10. The SMILES string of the molecule is [O]c1cc(Br)c(Oc2ccc3[nH]cc(CC4CCCC4)c3c2)c(C(F)(F)F)c1. The largest absolute Gasteiger partial charge is 0.456 e. The van der Waals surface area contributed by atoms with Gasteiger partial charge in [0.25, 0.3) is 0 Å². The summed E-state index contributed by atoms with van der Waals surface area (Å²) in [6.45, 7) is 0. The van der Waals surface area contributed by atoms with Crippen LogP contribution in [0.1, 0.15) is 36.8 Å². The molecular weight excluding hydrogens is 435 g/mol. The number of hydrogen-bond donors (Lipinski definition) is 1. The Hall–Kier alpha value is -2.15. The van der Waals surface area contributed by atoms with Crippen LogP contribution >= 0.6 is 15.9 Å². The third-order valence-corrected chi connectivity index (χ3v) is 5.85. The maximum atomic E-state index is 13.4. The monoisotopic (exact) mass is 452 g/mol. The van der Waals surface area contributed by atoms with Crippen LogP contribution in [0.3, 0.4) is 0 Å². The molecule has 1 fully saturated rings. The topological polar surface area (TPSA) is 44.9 Å². The fourth-order valence-corrected chi connectivity index (χ4v) is 4.44. The number of rotatable bonds is 4. The van der Waals surface area contributed by atoms with Crippen LogP contribution in [-0.4, -0.2) is 4.98 Å². The molecule has 1 N–H and O–H groups in total. The first-order valence-corrected chi connectivity index (χ1v) is 9.96. The fraction of sp³-hybridized carbons (Fsp3) is 0.333. The summed E-state index contributed by atoms with van der Waals surface area (Å²) in [5.41, 5.74) is 0.981. The zero-order valence-corrected chi connectivity index (χ0v) is 16.5. The zero-order valence-electron chi connectivity index (χ0n) is 14.9. The van der Waals surface area contributed by atoms with E-state index in [4.69, 9.17) is 4.74 Å². The smallest absolute Gasteiger partial charge is 0.420 e. The van der Waals surface area contributed by atoms with Crippen LogP contribution in [0.2, 0.25) is 0 Å². The van der Waals surface area contributed by atoms with Crippen molar-refractivity contribution in [3.05, 3.63) is 52.1 Å². The Bertz CT molecular complexity index is 1010. The van der Waals surface area contributed by atoms with Gasteiger partial charge in [0.1, 0.15) is 11.3 Å². The summed E-state index contributed by atoms with van der Waals surface area (Å²) in [7, 11) is 0. The molecule has 1 radical (unpaired) electrons. The molecule has 0 amide bonds. The minimum absolute atomic E-state index is 0.0207. The van der Waals surface area contributed by atoms with Crippen LogP contribution in [0.5, 0.6) is 17.2 Å². The summed E-state index contributed by atoms with van der Waals surface area (Å²) in [5.74, 6) is -0.186. The Kier molecular flexibility index (Phi) is 5.04. The van der Waals surface area contributed by atoms with E-state index in [2.05, 4.69) is 20.9 Å². The van der Waals surface area contributed by atoms with Crippen molar-refractivity contribution >= 4 is 26.8 Å². The number of nitrogens with one attached hydrogen (secondary N) is 1. The second-order valence-electron chi connectivity index (χ2n) is 7.26. The molecule has 1 heterocycles. The van der Waals surface area contributed by atoms with Crippen LogP contribution in [0.15, 0.2) is 41.0 Å². The average Bonchev–Trinajstić information content (AvgIpc) is 3.27. The first-order valence-electron chi connectivity index (χ1n) is 9.17. The number of benzene rings is 2. The minimum atomic E-state index is -4.69. The molecule has 1 aliphatic carbocycles. The van der Waals surface area contributed by atoms with Gasteiger partial charge in [-0.3, -0.25) is 5.11 Å². The summed E-state index contributed by atoms with van der Waals surface area (Å²) in [4.78, 5) is 3.22. The molecule has 4 rings (SSSR count). The summed E-state index contributed by atoms with van der Waals surface area (Å²) in [5, 5.41) is 12.5. The standard InChI is InChI=1S/C21H18BrF3NO2/c22-18-9-14(27)8-17(21(23,24)25)20(18)28-15-5-6-19-16(10-15)13(11-26-19)7-12-3-1-2-4-12/h5-6,8-12,26H,1-4,7H2. The second kappa shape index (κ2) is 7.35. The summed E-state index contributed by atoms with van der Waals surface area (Å²) in [6, 6.07) is 6.81. The van der Waals surface area contributed by atoms with Gasteiger partial charge in [-0.25, -0.2) is 0 Å². The molecule has 147 valence electrons. The molecule has 1 saturated carbocycles. The molecule has 3 nitrogen and oxygen atoms in total. The van der Waals surface area contributed by atoms with Gasteiger partial charge in [-0.05, 0) is 52.0 Å². The van der Waals surface area contributed by atoms with Gasteiger partial charge < -0.3 is 9.72 Å². The van der Waals surface area contributed by atoms with Crippen molar-refractivity contribution in [1.82, 2.24) is 4.98 Å². The van der Waals surface area contributed by atoms with E-state index >= 15 is 0 Å². The van der Waals surface area contributed by atoms with Gasteiger partial charge in [0.15, 0.2) is 11.5 Å². The van der Waals surface area contributed by atoms with E-state index in [-0.39, 0.29) is 4.47 Å². The number of ether oxygens (including phenoxy) is 1. The maximum Gasteiger partial charge on any atom is 0.420 e. The molecule has 3 aromatic rings. The molecule has 0 atom stereocenters. The first-order chi connectivity index (χ1) is 13.3. The zero-order chi connectivity index (χ0) is 19.9. The molecule has 0 aliphatic heterocycles. The number of aromatic amines is 1. The van der Waals surface area contributed by atoms with Gasteiger partial charge in [-0.2, -0.15) is 13.2 Å². The highest BCUT2D eigenvalue weighted by Crippen LogP contribution is 2.45. The Morgan fingerprint density at radius 3 is 2.61 bits per heavy atom. The molecule has 1 aliphatic rings. The number of fused-ring (bicyclic) bond motifs is 1. The number of H-pyrrole nitrogens is 1. The lowest BCUT2D eigenvalue weighted by molar-refractivity contribution is -0.138. The van der Waals surface area contributed by atoms with Gasteiger partial charge in [-0.1, -0.05) is 25.7 Å².